The molecule has 0 aliphatic carbocycles. The third-order valence-corrected chi connectivity index (χ3v) is 2.08. The summed E-state index contributed by atoms with van der Waals surface area (Å²) in [5.41, 5.74) is 0. The van der Waals surface area contributed by atoms with Crippen LogP contribution < -0.4 is 5.32 Å². The Morgan fingerprint density at radius 3 is 2.53 bits per heavy atom. The molecule has 15 heavy (non-hydrogen) atoms. The molecule has 0 aromatic carbocycles. The smallest absolute Gasteiger partial charge is 0.233 e. The van der Waals surface area contributed by atoms with Crippen LogP contribution in [0.25, 0.3) is 0 Å². The van der Waals surface area contributed by atoms with Crippen LogP contribution in [-0.2, 0) is 4.79 Å². The first kappa shape index (κ1) is 9.66. The van der Waals surface area contributed by atoms with E-state index in [4.69, 9.17) is 12.2 Å². The molecule has 6 nitrogen and oxygen atoms in total. The van der Waals surface area contributed by atoms with E-state index in [0.29, 0.717) is 0 Å². The predicted octanol–water partition coefficient (Wildman–Crippen LogP) is -0.0493. The molecule has 0 saturated carbocycles. The standard InChI is InChI=1S/C8H7N3O3S/c12-4-3-5(15)10-8(9-4)11-6(13)1-2-7(11)14/h1-2,13-14H,3H2,(H,9,10,12,15). The van der Waals surface area contributed by atoms with Crippen LogP contribution >= 0.6 is 12.2 Å². The van der Waals surface area contributed by atoms with Gasteiger partial charge in [-0.05, 0) is 0 Å². The third-order valence-electron chi connectivity index (χ3n) is 1.85. The van der Waals surface area contributed by atoms with E-state index >= 15 is 0 Å². The molecule has 0 radical (unpaired) electrons. The summed E-state index contributed by atoms with van der Waals surface area (Å²) in [7, 11) is 0. The topological polar surface area (TPSA) is 86.9 Å². The highest BCUT2D eigenvalue weighted by Gasteiger charge is 2.20. The van der Waals surface area contributed by atoms with Gasteiger partial charge in [-0.15, -0.1) is 0 Å². The fraction of sp³-hybridized carbons (Fsp3) is 0.125. The first-order chi connectivity index (χ1) is 7.08. The van der Waals surface area contributed by atoms with Gasteiger partial charge in [0.25, 0.3) is 0 Å². The zero-order valence-electron chi connectivity index (χ0n) is 7.47. The second kappa shape index (κ2) is 3.35. The number of rotatable bonds is 0. The van der Waals surface area contributed by atoms with Crippen molar-refractivity contribution in [3.05, 3.63) is 12.1 Å². The second-order valence-electron chi connectivity index (χ2n) is 2.94. The zero-order valence-corrected chi connectivity index (χ0v) is 8.28. The first-order valence-corrected chi connectivity index (χ1v) is 4.50. The summed E-state index contributed by atoms with van der Waals surface area (Å²) in [6.45, 7) is 0. The van der Waals surface area contributed by atoms with Gasteiger partial charge in [-0.1, -0.05) is 12.2 Å². The molecule has 0 unspecified atom stereocenters. The van der Waals surface area contributed by atoms with E-state index in [9.17, 15) is 15.0 Å². The predicted molar refractivity (Wildman–Crippen MR) is 56.0 cm³/mol. The van der Waals surface area contributed by atoms with Crippen molar-refractivity contribution in [3.8, 4) is 11.8 Å². The number of aromatic hydroxyl groups is 2. The molecule has 7 heteroatoms. The van der Waals surface area contributed by atoms with Crippen molar-refractivity contribution in [2.24, 2.45) is 4.99 Å². The Bertz CT molecular complexity index is 458. The van der Waals surface area contributed by atoms with Gasteiger partial charge in [0.1, 0.15) is 4.99 Å². The molecule has 78 valence electrons. The summed E-state index contributed by atoms with van der Waals surface area (Å²) in [6.07, 6.45) is 0.0433. The minimum Gasteiger partial charge on any atom is -0.494 e. The second-order valence-corrected chi connectivity index (χ2v) is 3.41. The Morgan fingerprint density at radius 1 is 1.40 bits per heavy atom. The first-order valence-electron chi connectivity index (χ1n) is 4.09. The summed E-state index contributed by atoms with van der Waals surface area (Å²) >= 11 is 4.80. The van der Waals surface area contributed by atoms with Gasteiger partial charge < -0.3 is 10.2 Å². The van der Waals surface area contributed by atoms with Crippen LogP contribution in [0.3, 0.4) is 0 Å². The molecule has 1 amide bonds. The molecule has 1 aliphatic heterocycles. The van der Waals surface area contributed by atoms with E-state index < -0.39 is 0 Å². The van der Waals surface area contributed by atoms with Crippen molar-refractivity contribution < 1.29 is 15.0 Å². The molecule has 1 aliphatic rings. The van der Waals surface area contributed by atoms with Gasteiger partial charge in [-0.25, -0.2) is 9.56 Å². The van der Waals surface area contributed by atoms with Crippen LogP contribution in [0.15, 0.2) is 17.1 Å². The molecule has 0 saturated heterocycles. The van der Waals surface area contributed by atoms with Gasteiger partial charge in [0.2, 0.25) is 23.6 Å². The quantitative estimate of drug-likeness (QED) is 0.540. The Morgan fingerprint density at radius 2 is 2.00 bits per heavy atom. The fourth-order valence-electron chi connectivity index (χ4n) is 1.23. The number of aromatic nitrogens is 1. The van der Waals surface area contributed by atoms with Crippen LogP contribution in [0, 0.1) is 0 Å². The Hall–Kier alpha value is -1.89. The van der Waals surface area contributed by atoms with E-state index in [1.54, 1.807) is 0 Å². The number of nitrogens with one attached hydrogen (secondary N) is 1. The van der Waals surface area contributed by atoms with E-state index in [-0.39, 0.29) is 35.0 Å². The Kier molecular flexibility index (Phi) is 2.16. The normalized spacial score (nSPS) is 16.1. The van der Waals surface area contributed by atoms with Gasteiger partial charge in [-0.2, -0.15) is 0 Å². The van der Waals surface area contributed by atoms with Crippen molar-refractivity contribution in [2.75, 3.05) is 0 Å². The number of hydrogen-bond donors (Lipinski definition) is 3. The number of thiocarbonyl (C=S) groups is 1. The molecule has 0 atom stereocenters. The number of hydrogen-bond acceptors (Lipinski definition) is 4. The van der Waals surface area contributed by atoms with Crippen molar-refractivity contribution in [2.45, 2.75) is 6.42 Å². The van der Waals surface area contributed by atoms with E-state index in [1.165, 1.54) is 12.1 Å². The molecule has 1 aromatic rings. The SMILES string of the molecule is O=C1CC(=S)N=C(n2c(O)ccc2O)N1. The van der Waals surface area contributed by atoms with Crippen LogP contribution in [0.4, 0.5) is 0 Å². The summed E-state index contributed by atoms with van der Waals surface area (Å²) in [5.74, 6) is -0.763. The van der Waals surface area contributed by atoms with E-state index in [2.05, 4.69) is 10.3 Å². The largest absolute Gasteiger partial charge is 0.494 e. The maximum Gasteiger partial charge on any atom is 0.233 e. The Labute approximate surface area is 89.9 Å². The average Bonchev–Trinajstić information content (AvgIpc) is 2.44. The lowest BCUT2D eigenvalue weighted by Crippen LogP contribution is -2.40. The lowest BCUT2D eigenvalue weighted by molar-refractivity contribution is -0.118. The summed E-state index contributed by atoms with van der Waals surface area (Å²) < 4.78 is 0.989. The molecular weight excluding hydrogens is 218 g/mol. The molecule has 2 rings (SSSR count). The minimum absolute atomic E-state index is 0.0104. The summed E-state index contributed by atoms with van der Waals surface area (Å²) in [4.78, 5) is 15.2. The number of carbonyl (C=O) groups is 1. The van der Waals surface area contributed by atoms with Gasteiger partial charge in [0.15, 0.2) is 0 Å². The van der Waals surface area contributed by atoms with Crippen LogP contribution in [-0.4, -0.2) is 31.6 Å². The molecule has 0 bridgehead atoms. The number of carbonyl (C=O) groups excluding carboxylic acids is 1. The lowest BCUT2D eigenvalue weighted by atomic mass is 10.4. The highest BCUT2D eigenvalue weighted by atomic mass is 32.1. The highest BCUT2D eigenvalue weighted by molar-refractivity contribution is 7.80. The van der Waals surface area contributed by atoms with Crippen molar-refractivity contribution in [3.63, 3.8) is 0 Å². The molecule has 3 N–H and O–H groups in total. The molecule has 0 fully saturated rings. The summed E-state index contributed by atoms with van der Waals surface area (Å²) in [5, 5.41) is 21.2. The fourth-order valence-corrected chi connectivity index (χ4v) is 1.45. The van der Waals surface area contributed by atoms with E-state index in [0.717, 1.165) is 4.57 Å². The lowest BCUT2D eigenvalue weighted by Gasteiger charge is -2.15. The number of amides is 1. The van der Waals surface area contributed by atoms with Crippen LogP contribution in [0.2, 0.25) is 0 Å². The maximum atomic E-state index is 11.1. The number of aliphatic imine (C=N–C) groups is 1. The molecule has 0 spiro atoms. The molecule has 2 heterocycles. The monoisotopic (exact) mass is 225 g/mol. The van der Waals surface area contributed by atoms with Gasteiger partial charge in [0.05, 0.1) is 6.42 Å². The molecular formula is C8H7N3O3S. The van der Waals surface area contributed by atoms with Crippen molar-refractivity contribution >= 4 is 29.1 Å². The molecule has 1 aromatic heterocycles. The van der Waals surface area contributed by atoms with Crippen molar-refractivity contribution in [1.29, 1.82) is 0 Å². The van der Waals surface area contributed by atoms with E-state index in [1.807, 2.05) is 0 Å². The number of nitrogens with zero attached hydrogens (tertiary/aromatic N) is 2. The van der Waals surface area contributed by atoms with Crippen molar-refractivity contribution in [1.82, 2.24) is 9.88 Å². The van der Waals surface area contributed by atoms with Crippen LogP contribution in [0.1, 0.15) is 6.42 Å². The Balaban J connectivity index is 2.47. The maximum absolute atomic E-state index is 11.1. The minimum atomic E-state index is -0.322. The highest BCUT2D eigenvalue weighted by Crippen LogP contribution is 2.20. The van der Waals surface area contributed by atoms with Crippen LogP contribution in [0.5, 0.6) is 11.8 Å². The average molecular weight is 225 g/mol. The third kappa shape index (κ3) is 1.68. The van der Waals surface area contributed by atoms with Gasteiger partial charge in [0, 0.05) is 12.1 Å². The van der Waals surface area contributed by atoms with Gasteiger partial charge >= 0.3 is 0 Å². The van der Waals surface area contributed by atoms with Gasteiger partial charge in [-0.3, -0.25) is 10.1 Å². The summed E-state index contributed by atoms with van der Waals surface area (Å²) in [6, 6.07) is 2.56. The zero-order chi connectivity index (χ0) is 11.0.